The van der Waals surface area contributed by atoms with E-state index in [9.17, 15) is 4.79 Å². The fraction of sp³-hybridized carbons (Fsp3) is 0.500. The zero-order chi connectivity index (χ0) is 14.3. The molecule has 0 saturated carbocycles. The molecule has 0 atom stereocenters. The fourth-order valence-electron chi connectivity index (χ4n) is 1.84. The van der Waals surface area contributed by atoms with E-state index in [1.165, 1.54) is 0 Å². The lowest BCUT2D eigenvalue weighted by molar-refractivity contribution is 0.0948. The van der Waals surface area contributed by atoms with Gasteiger partial charge in [-0.05, 0) is 53.6 Å². The Hall–Kier alpha value is -1.07. The highest BCUT2D eigenvalue weighted by molar-refractivity contribution is 9.10. The number of anilines is 1. The molecule has 3 N–H and O–H groups in total. The first-order valence-electron chi connectivity index (χ1n) is 6.64. The van der Waals surface area contributed by atoms with Crippen LogP contribution in [0.4, 0.5) is 5.69 Å². The van der Waals surface area contributed by atoms with Crippen LogP contribution in [0.3, 0.4) is 0 Å². The summed E-state index contributed by atoms with van der Waals surface area (Å²) in [6, 6.07) is 5.21. The Labute approximate surface area is 123 Å². The van der Waals surface area contributed by atoms with Crippen molar-refractivity contribution in [1.29, 1.82) is 0 Å². The molecular formula is C14H22BrN3O. The Kier molecular flexibility index (Phi) is 6.87. The molecular weight excluding hydrogens is 306 g/mol. The third-order valence-electron chi connectivity index (χ3n) is 2.96. The number of benzene rings is 1. The second kappa shape index (κ2) is 8.17. The van der Waals surface area contributed by atoms with Crippen molar-refractivity contribution in [3.05, 3.63) is 28.2 Å². The number of rotatable bonds is 7. The third-order valence-corrected chi connectivity index (χ3v) is 3.65. The van der Waals surface area contributed by atoms with Gasteiger partial charge in [-0.3, -0.25) is 4.79 Å². The summed E-state index contributed by atoms with van der Waals surface area (Å²) in [6.45, 7) is 7.92. The predicted octanol–water partition coefficient (Wildman–Crippen LogP) is 2.49. The molecule has 0 spiro atoms. The zero-order valence-corrected chi connectivity index (χ0v) is 13.2. The van der Waals surface area contributed by atoms with E-state index in [0.717, 1.165) is 30.5 Å². The van der Waals surface area contributed by atoms with E-state index in [0.29, 0.717) is 17.8 Å². The maximum atomic E-state index is 11.9. The van der Waals surface area contributed by atoms with Gasteiger partial charge >= 0.3 is 0 Å². The van der Waals surface area contributed by atoms with Gasteiger partial charge in [-0.25, -0.2) is 0 Å². The molecule has 0 aliphatic rings. The SMILES string of the molecule is CCCN(CC)CCNC(=O)c1ccc(N)c(Br)c1. The summed E-state index contributed by atoms with van der Waals surface area (Å²) in [5.41, 5.74) is 6.96. The minimum absolute atomic E-state index is 0.0618. The number of nitrogens with two attached hydrogens (primary N) is 1. The molecule has 0 radical (unpaired) electrons. The van der Waals surface area contributed by atoms with Gasteiger partial charge in [0.05, 0.1) is 0 Å². The highest BCUT2D eigenvalue weighted by Gasteiger charge is 2.07. The van der Waals surface area contributed by atoms with Crippen molar-refractivity contribution in [3.8, 4) is 0 Å². The normalized spacial score (nSPS) is 10.7. The van der Waals surface area contributed by atoms with Crippen LogP contribution in [0, 0.1) is 0 Å². The molecule has 0 fully saturated rings. The molecule has 0 unspecified atom stereocenters. The van der Waals surface area contributed by atoms with Crippen LogP contribution in [0.5, 0.6) is 0 Å². The highest BCUT2D eigenvalue weighted by atomic mass is 79.9. The molecule has 0 heterocycles. The number of hydrogen-bond donors (Lipinski definition) is 2. The summed E-state index contributed by atoms with van der Waals surface area (Å²) >= 11 is 3.32. The van der Waals surface area contributed by atoms with Gasteiger partial charge in [0.2, 0.25) is 0 Å². The van der Waals surface area contributed by atoms with Crippen molar-refractivity contribution in [2.45, 2.75) is 20.3 Å². The lowest BCUT2D eigenvalue weighted by Crippen LogP contribution is -2.35. The van der Waals surface area contributed by atoms with E-state index in [1.807, 2.05) is 0 Å². The van der Waals surface area contributed by atoms with Crippen LogP contribution in [-0.2, 0) is 0 Å². The van der Waals surface area contributed by atoms with Gasteiger partial charge < -0.3 is 16.0 Å². The van der Waals surface area contributed by atoms with Crippen molar-refractivity contribution in [2.24, 2.45) is 0 Å². The molecule has 106 valence electrons. The Morgan fingerprint density at radius 2 is 2.11 bits per heavy atom. The van der Waals surface area contributed by atoms with Crippen LogP contribution in [-0.4, -0.2) is 37.0 Å². The van der Waals surface area contributed by atoms with Crippen LogP contribution in [0.15, 0.2) is 22.7 Å². The summed E-state index contributed by atoms with van der Waals surface area (Å²) < 4.78 is 0.751. The van der Waals surface area contributed by atoms with E-state index in [1.54, 1.807) is 18.2 Å². The molecule has 0 aliphatic carbocycles. The molecule has 19 heavy (non-hydrogen) atoms. The van der Waals surface area contributed by atoms with E-state index in [2.05, 4.69) is 40.0 Å². The molecule has 0 aromatic heterocycles. The van der Waals surface area contributed by atoms with Crippen LogP contribution in [0.2, 0.25) is 0 Å². The van der Waals surface area contributed by atoms with Gasteiger partial charge in [0.1, 0.15) is 0 Å². The smallest absolute Gasteiger partial charge is 0.251 e. The zero-order valence-electron chi connectivity index (χ0n) is 11.6. The summed E-state index contributed by atoms with van der Waals surface area (Å²) in [4.78, 5) is 14.3. The Bertz CT molecular complexity index is 423. The van der Waals surface area contributed by atoms with Crippen molar-refractivity contribution in [1.82, 2.24) is 10.2 Å². The average Bonchev–Trinajstić information content (AvgIpc) is 2.40. The molecule has 1 amide bonds. The third kappa shape index (κ3) is 5.20. The van der Waals surface area contributed by atoms with Gasteiger partial charge in [-0.15, -0.1) is 0 Å². The number of nitrogens with one attached hydrogen (secondary N) is 1. The first-order valence-corrected chi connectivity index (χ1v) is 7.43. The maximum absolute atomic E-state index is 11.9. The molecule has 1 rings (SSSR count). The number of carbonyl (C=O) groups is 1. The average molecular weight is 328 g/mol. The lowest BCUT2D eigenvalue weighted by atomic mass is 10.2. The largest absolute Gasteiger partial charge is 0.398 e. The predicted molar refractivity (Wildman–Crippen MR) is 83.3 cm³/mol. The first kappa shape index (κ1) is 16.0. The molecule has 4 nitrogen and oxygen atoms in total. The Morgan fingerprint density at radius 3 is 2.68 bits per heavy atom. The highest BCUT2D eigenvalue weighted by Crippen LogP contribution is 2.20. The quantitative estimate of drug-likeness (QED) is 0.756. The molecule has 0 bridgehead atoms. The molecule has 1 aromatic carbocycles. The van der Waals surface area contributed by atoms with Gasteiger partial charge in [0.15, 0.2) is 0 Å². The molecule has 5 heteroatoms. The number of likely N-dealkylation sites (N-methyl/N-ethyl adjacent to an activating group) is 1. The maximum Gasteiger partial charge on any atom is 0.251 e. The molecule has 0 saturated heterocycles. The fourth-order valence-corrected chi connectivity index (χ4v) is 2.22. The standard InChI is InChI=1S/C14H22BrN3O/c1-3-8-18(4-2)9-7-17-14(19)11-5-6-13(16)12(15)10-11/h5-6,10H,3-4,7-9,16H2,1-2H3,(H,17,19). The summed E-state index contributed by atoms with van der Waals surface area (Å²) in [7, 11) is 0. The number of nitrogen functional groups attached to an aromatic ring is 1. The van der Waals surface area contributed by atoms with Gasteiger partial charge in [0, 0.05) is 28.8 Å². The summed E-state index contributed by atoms with van der Waals surface area (Å²) in [5.74, 6) is -0.0618. The van der Waals surface area contributed by atoms with E-state index in [-0.39, 0.29) is 5.91 Å². The van der Waals surface area contributed by atoms with Crippen LogP contribution >= 0.6 is 15.9 Å². The van der Waals surface area contributed by atoms with E-state index < -0.39 is 0 Å². The van der Waals surface area contributed by atoms with Crippen molar-refractivity contribution in [2.75, 3.05) is 31.9 Å². The number of nitrogens with zero attached hydrogens (tertiary/aromatic N) is 1. The summed E-state index contributed by atoms with van der Waals surface area (Å²) in [6.07, 6.45) is 1.13. The molecule has 1 aromatic rings. The van der Waals surface area contributed by atoms with Crippen LogP contribution in [0.1, 0.15) is 30.6 Å². The second-order valence-corrected chi connectivity index (χ2v) is 5.28. The topological polar surface area (TPSA) is 58.4 Å². The molecule has 0 aliphatic heterocycles. The van der Waals surface area contributed by atoms with Crippen molar-refractivity contribution in [3.63, 3.8) is 0 Å². The second-order valence-electron chi connectivity index (χ2n) is 4.43. The van der Waals surface area contributed by atoms with Crippen LogP contribution < -0.4 is 11.1 Å². The Morgan fingerprint density at radius 1 is 1.37 bits per heavy atom. The van der Waals surface area contributed by atoms with Crippen molar-refractivity contribution >= 4 is 27.5 Å². The monoisotopic (exact) mass is 327 g/mol. The van der Waals surface area contributed by atoms with Gasteiger partial charge in [-0.2, -0.15) is 0 Å². The van der Waals surface area contributed by atoms with Crippen LogP contribution in [0.25, 0.3) is 0 Å². The number of carbonyl (C=O) groups excluding carboxylic acids is 1. The van der Waals surface area contributed by atoms with Gasteiger partial charge in [0.25, 0.3) is 5.91 Å². The lowest BCUT2D eigenvalue weighted by Gasteiger charge is -2.19. The number of hydrogen-bond acceptors (Lipinski definition) is 3. The minimum atomic E-state index is -0.0618. The first-order chi connectivity index (χ1) is 9.08. The van der Waals surface area contributed by atoms with E-state index >= 15 is 0 Å². The summed E-state index contributed by atoms with van der Waals surface area (Å²) in [5, 5.41) is 2.93. The van der Waals surface area contributed by atoms with E-state index in [4.69, 9.17) is 5.73 Å². The minimum Gasteiger partial charge on any atom is -0.398 e. The van der Waals surface area contributed by atoms with Crippen molar-refractivity contribution < 1.29 is 4.79 Å². The Balaban J connectivity index is 2.44. The number of amides is 1. The number of halogens is 1. The van der Waals surface area contributed by atoms with Gasteiger partial charge in [-0.1, -0.05) is 13.8 Å².